The van der Waals surface area contributed by atoms with Crippen LogP contribution in [0.1, 0.15) is 23.6 Å². The largest absolute Gasteiger partial charge is 0.507 e. The molecule has 1 amide bonds. The van der Waals surface area contributed by atoms with Gasteiger partial charge in [-0.3, -0.25) is 0 Å². The molecule has 208 valence electrons. The van der Waals surface area contributed by atoms with Crippen LogP contribution in [0, 0.1) is 25.5 Å². The predicted molar refractivity (Wildman–Crippen MR) is 146 cm³/mol. The highest BCUT2D eigenvalue weighted by atomic mass is 19.1. The number of anilines is 1. The van der Waals surface area contributed by atoms with E-state index in [0.29, 0.717) is 16.8 Å². The van der Waals surface area contributed by atoms with Crippen LogP contribution in [0.25, 0.3) is 28.0 Å². The van der Waals surface area contributed by atoms with Crippen molar-refractivity contribution in [1.29, 1.82) is 0 Å². The molecule has 1 aliphatic rings. The molecule has 0 aliphatic carbocycles. The number of hydrogen-bond acceptors (Lipinski definition) is 7. The first-order valence-corrected chi connectivity index (χ1v) is 12.7. The van der Waals surface area contributed by atoms with Gasteiger partial charge in [0.15, 0.2) is 11.5 Å². The number of phenols is 1. The lowest BCUT2D eigenvalue weighted by Gasteiger charge is -2.39. The minimum atomic E-state index is -1.06. The molecule has 4 aromatic rings. The zero-order chi connectivity index (χ0) is 28.9. The Morgan fingerprint density at radius 3 is 2.40 bits per heavy atom. The lowest BCUT2D eigenvalue weighted by molar-refractivity contribution is 0.136. The molecule has 1 saturated heterocycles. The molecule has 10 nitrogen and oxygen atoms in total. The number of fused-ring (bicyclic) bond motifs is 1. The summed E-state index contributed by atoms with van der Waals surface area (Å²) in [4.78, 5) is 37.0. The van der Waals surface area contributed by atoms with Gasteiger partial charge in [0.1, 0.15) is 23.1 Å². The Bertz CT molecular complexity index is 1680. The molecule has 0 bridgehead atoms. The number of hydrogen-bond donors (Lipinski definition) is 3. The van der Waals surface area contributed by atoms with E-state index in [1.165, 1.54) is 21.6 Å². The number of aromatic nitrogens is 3. The van der Waals surface area contributed by atoms with E-state index in [9.17, 15) is 24.2 Å². The van der Waals surface area contributed by atoms with Crippen molar-refractivity contribution < 1.29 is 23.8 Å². The molecule has 0 saturated carbocycles. The lowest BCUT2D eigenvalue weighted by atomic mass is 10.0. The van der Waals surface area contributed by atoms with Gasteiger partial charge in [-0.2, -0.15) is 4.98 Å². The van der Waals surface area contributed by atoms with Crippen LogP contribution >= 0.6 is 0 Å². The summed E-state index contributed by atoms with van der Waals surface area (Å²) in [5, 5.41) is 20.0. The third-order valence-electron chi connectivity index (χ3n) is 7.21. The van der Waals surface area contributed by atoms with E-state index in [2.05, 4.69) is 9.97 Å². The van der Waals surface area contributed by atoms with Crippen LogP contribution < -0.4 is 16.3 Å². The molecular weight excluding hydrogens is 522 g/mol. The van der Waals surface area contributed by atoms with E-state index in [1.807, 2.05) is 12.1 Å². The number of nitrogens with zero attached hydrogens (tertiary/aromatic N) is 5. The highest BCUT2D eigenvalue weighted by molar-refractivity contribution is 5.91. The number of carboxylic acid groups (broad SMARTS) is 1. The Morgan fingerprint density at radius 1 is 1.10 bits per heavy atom. The molecule has 1 aliphatic heterocycles. The van der Waals surface area contributed by atoms with Crippen LogP contribution in [0.5, 0.6) is 5.75 Å². The van der Waals surface area contributed by atoms with Crippen LogP contribution in [0.15, 0.2) is 41.2 Å². The van der Waals surface area contributed by atoms with Gasteiger partial charge in [0, 0.05) is 32.2 Å². The first kappa shape index (κ1) is 27.0. The molecule has 0 unspecified atom stereocenters. The number of aryl methyl sites for hydroxylation is 2. The first-order chi connectivity index (χ1) is 19.0. The second-order valence-electron chi connectivity index (χ2n) is 9.93. The van der Waals surface area contributed by atoms with Crippen molar-refractivity contribution in [1.82, 2.24) is 19.4 Å². The number of phenolic OH excluding ortho intramolecular Hbond substituents is 1. The van der Waals surface area contributed by atoms with Crippen molar-refractivity contribution in [2.75, 3.05) is 24.5 Å². The van der Waals surface area contributed by atoms with Gasteiger partial charge in [-0.15, -0.1) is 0 Å². The number of piperazine rings is 1. The number of aromatic hydroxyl groups is 1. The summed E-state index contributed by atoms with van der Waals surface area (Å²) in [6.45, 7) is 6.18. The molecule has 2 aromatic carbocycles. The van der Waals surface area contributed by atoms with Gasteiger partial charge in [0.05, 0.1) is 16.6 Å². The monoisotopic (exact) mass is 550 g/mol. The SMILES string of the molecule is Cc1cc(CN)cc(C)c1-n1c(=O)nc(N2CCN(C(=O)O)C[C@@H]2C)c2cc(F)c(-c3c(O)cccc3F)nc21. The van der Waals surface area contributed by atoms with Gasteiger partial charge in [-0.25, -0.2) is 27.9 Å². The molecule has 2 aromatic heterocycles. The van der Waals surface area contributed by atoms with Crippen molar-refractivity contribution in [2.24, 2.45) is 5.73 Å². The van der Waals surface area contributed by atoms with Crippen molar-refractivity contribution in [3.05, 3.63) is 75.2 Å². The third kappa shape index (κ3) is 4.49. The van der Waals surface area contributed by atoms with E-state index in [4.69, 9.17) is 5.73 Å². The molecule has 1 atom stereocenters. The van der Waals surface area contributed by atoms with Crippen LogP contribution in [-0.2, 0) is 6.54 Å². The Hall–Kier alpha value is -4.58. The fourth-order valence-electron chi connectivity index (χ4n) is 5.41. The highest BCUT2D eigenvalue weighted by Gasteiger charge is 2.31. The van der Waals surface area contributed by atoms with Gasteiger partial charge >= 0.3 is 11.8 Å². The van der Waals surface area contributed by atoms with E-state index in [-0.39, 0.29) is 49.1 Å². The maximum Gasteiger partial charge on any atom is 0.407 e. The van der Waals surface area contributed by atoms with Crippen LogP contribution in [0.3, 0.4) is 0 Å². The fourth-order valence-corrected chi connectivity index (χ4v) is 5.41. The second kappa shape index (κ2) is 10.2. The van der Waals surface area contributed by atoms with E-state index in [1.54, 1.807) is 25.7 Å². The summed E-state index contributed by atoms with van der Waals surface area (Å²) in [5.74, 6) is -2.18. The van der Waals surface area contributed by atoms with Crippen molar-refractivity contribution in [3.8, 4) is 22.7 Å². The summed E-state index contributed by atoms with van der Waals surface area (Å²) >= 11 is 0. The molecule has 1 fully saturated rings. The number of carbonyl (C=O) groups is 1. The van der Waals surface area contributed by atoms with E-state index < -0.39 is 40.4 Å². The lowest BCUT2D eigenvalue weighted by Crippen LogP contribution is -2.54. The number of halogens is 2. The average molecular weight is 551 g/mol. The first-order valence-electron chi connectivity index (χ1n) is 12.7. The van der Waals surface area contributed by atoms with Crippen LogP contribution in [-0.4, -0.2) is 61.4 Å². The molecule has 3 heterocycles. The van der Waals surface area contributed by atoms with Gasteiger partial charge in [-0.05, 0) is 55.7 Å². The Morgan fingerprint density at radius 2 is 1.80 bits per heavy atom. The van der Waals surface area contributed by atoms with Crippen molar-refractivity contribution in [3.63, 3.8) is 0 Å². The molecule has 5 rings (SSSR count). The van der Waals surface area contributed by atoms with Crippen LogP contribution in [0.2, 0.25) is 0 Å². The number of amides is 1. The molecule has 12 heteroatoms. The fraction of sp³-hybridized carbons (Fsp3) is 0.286. The van der Waals surface area contributed by atoms with Gasteiger partial charge < -0.3 is 25.7 Å². The van der Waals surface area contributed by atoms with Crippen LogP contribution in [0.4, 0.5) is 19.4 Å². The second-order valence-corrected chi connectivity index (χ2v) is 9.93. The maximum atomic E-state index is 15.7. The Balaban J connectivity index is 1.84. The summed E-state index contributed by atoms with van der Waals surface area (Å²) in [6, 6.07) is 7.98. The van der Waals surface area contributed by atoms with Gasteiger partial charge in [0.25, 0.3) is 0 Å². The van der Waals surface area contributed by atoms with E-state index >= 15 is 4.39 Å². The average Bonchev–Trinajstić information content (AvgIpc) is 2.89. The van der Waals surface area contributed by atoms with E-state index in [0.717, 1.165) is 17.7 Å². The number of nitrogens with two attached hydrogens (primary N) is 1. The molecule has 0 radical (unpaired) electrons. The summed E-state index contributed by atoms with van der Waals surface area (Å²) in [5.41, 5.74) is 6.95. The van der Waals surface area contributed by atoms with Crippen molar-refractivity contribution >= 4 is 22.9 Å². The van der Waals surface area contributed by atoms with Gasteiger partial charge in [-0.1, -0.05) is 18.2 Å². The number of rotatable bonds is 4. The quantitative estimate of drug-likeness (QED) is 0.350. The molecule has 40 heavy (non-hydrogen) atoms. The zero-order valence-corrected chi connectivity index (χ0v) is 22.2. The smallest absolute Gasteiger partial charge is 0.407 e. The summed E-state index contributed by atoms with van der Waals surface area (Å²) in [6.07, 6.45) is -1.06. The number of pyridine rings is 1. The Kier molecular flexibility index (Phi) is 6.88. The zero-order valence-electron chi connectivity index (χ0n) is 22.2. The molecular formula is C28H28F2N6O4. The summed E-state index contributed by atoms with van der Waals surface area (Å²) < 4.78 is 31.8. The minimum Gasteiger partial charge on any atom is -0.507 e. The predicted octanol–water partition coefficient (Wildman–Crippen LogP) is 3.70. The van der Waals surface area contributed by atoms with Crippen molar-refractivity contribution in [2.45, 2.75) is 33.4 Å². The normalized spacial score (nSPS) is 15.6. The third-order valence-corrected chi connectivity index (χ3v) is 7.21. The highest BCUT2D eigenvalue weighted by Crippen LogP contribution is 2.36. The summed E-state index contributed by atoms with van der Waals surface area (Å²) in [7, 11) is 0. The standard InChI is InChI=1S/C28H28F2N6O4/c1-14-9-17(12-31)10-15(2)24(14)36-26-18(11-20(30)23(32-26)22-19(29)5-4-6-21(22)37)25(33-27(36)38)35-8-7-34(28(39)40)13-16(35)3/h4-6,9-11,16,37H,7-8,12-13,31H2,1-3H3,(H,39,40)/t16-/m0/s1. The van der Waals surface area contributed by atoms with Gasteiger partial charge in [0.2, 0.25) is 0 Å². The molecule has 4 N–H and O–H groups in total. The Labute approximate surface area is 227 Å². The molecule has 0 spiro atoms. The minimum absolute atomic E-state index is 0.00798. The number of benzene rings is 2. The maximum absolute atomic E-state index is 15.7. The topological polar surface area (TPSA) is 138 Å².